The zero-order chi connectivity index (χ0) is 10.4. The summed E-state index contributed by atoms with van der Waals surface area (Å²) in [6.07, 6.45) is 0. The molecule has 0 saturated carbocycles. The summed E-state index contributed by atoms with van der Waals surface area (Å²) in [5.74, 6) is 0.0877. The summed E-state index contributed by atoms with van der Waals surface area (Å²) >= 11 is 0. The molecule has 0 aliphatic heterocycles. The van der Waals surface area contributed by atoms with E-state index in [2.05, 4.69) is 14.8 Å². The number of rotatable bonds is 4. The van der Waals surface area contributed by atoms with Crippen LogP contribution in [0.2, 0.25) is 0 Å². The average Bonchev–Trinajstić information content (AvgIpc) is 2.16. The molecular formula is C9H11F2N3O. The van der Waals surface area contributed by atoms with Crippen molar-refractivity contribution in [3.8, 4) is 5.75 Å². The van der Waals surface area contributed by atoms with Crippen LogP contribution in [0, 0.1) is 0 Å². The molecule has 15 heavy (non-hydrogen) atoms. The fraction of sp³-hybridized carbons (Fsp3) is 0.333. The van der Waals surface area contributed by atoms with Crippen LogP contribution < -0.4 is 4.74 Å². The van der Waals surface area contributed by atoms with Gasteiger partial charge in [-0.15, -0.1) is 0 Å². The van der Waals surface area contributed by atoms with Crippen LogP contribution in [0.3, 0.4) is 0 Å². The lowest BCUT2D eigenvalue weighted by molar-refractivity contribution is -0.0498. The molecule has 82 valence electrons. The topological polar surface area (TPSA) is 58.0 Å². The van der Waals surface area contributed by atoms with Gasteiger partial charge in [0, 0.05) is 4.91 Å². The highest BCUT2D eigenvalue weighted by molar-refractivity contribution is 5.27. The van der Waals surface area contributed by atoms with Gasteiger partial charge in [-0.25, -0.2) is 0 Å². The van der Waals surface area contributed by atoms with Gasteiger partial charge in [-0.3, -0.25) is 0 Å². The Labute approximate surface area is 86.1 Å². The smallest absolute Gasteiger partial charge is 0.387 e. The quantitative estimate of drug-likeness (QED) is 0.428. The van der Waals surface area contributed by atoms with Gasteiger partial charge in [0.15, 0.2) is 0 Å². The lowest BCUT2D eigenvalue weighted by Crippen LogP contribution is -2.01. The summed E-state index contributed by atoms with van der Waals surface area (Å²) in [5.41, 5.74) is 8.78. The molecular weight excluding hydrogens is 204 g/mol. The normalized spacial score (nSPS) is 9.00. The highest BCUT2D eigenvalue weighted by Gasteiger charge is 2.02. The van der Waals surface area contributed by atoms with E-state index in [1.54, 1.807) is 12.1 Å². The van der Waals surface area contributed by atoms with Gasteiger partial charge in [0.1, 0.15) is 5.75 Å². The van der Waals surface area contributed by atoms with Crippen LogP contribution >= 0.6 is 0 Å². The van der Waals surface area contributed by atoms with E-state index < -0.39 is 6.61 Å². The number of alkyl halides is 2. The molecule has 0 radical (unpaired) electrons. The maximum Gasteiger partial charge on any atom is 0.387 e. The molecule has 0 aliphatic carbocycles. The van der Waals surface area contributed by atoms with Gasteiger partial charge < -0.3 is 4.74 Å². The largest absolute Gasteiger partial charge is 0.435 e. The Morgan fingerprint density at radius 2 is 1.93 bits per heavy atom. The number of ether oxygens (including phenoxy) is 1. The van der Waals surface area contributed by atoms with Crippen LogP contribution in [0.4, 0.5) is 8.78 Å². The van der Waals surface area contributed by atoms with Crippen molar-refractivity contribution in [2.45, 2.75) is 20.6 Å². The Morgan fingerprint density at radius 1 is 1.33 bits per heavy atom. The number of azide groups is 1. The van der Waals surface area contributed by atoms with Gasteiger partial charge in [0.25, 0.3) is 0 Å². The first-order valence-corrected chi connectivity index (χ1v) is 3.77. The van der Waals surface area contributed by atoms with Crippen molar-refractivity contribution >= 4 is 0 Å². The maximum absolute atomic E-state index is 11.7. The molecule has 0 unspecified atom stereocenters. The Kier molecular flexibility index (Phi) is 5.82. The summed E-state index contributed by atoms with van der Waals surface area (Å²) in [6.45, 7) is -2.62. The maximum atomic E-state index is 11.7. The molecule has 4 nitrogen and oxygen atoms in total. The third kappa shape index (κ3) is 4.83. The zero-order valence-corrected chi connectivity index (χ0v) is 7.10. The third-order valence-electron chi connectivity index (χ3n) is 1.47. The van der Waals surface area contributed by atoms with Crippen molar-refractivity contribution in [1.82, 2.24) is 0 Å². The molecule has 0 aliphatic rings. The van der Waals surface area contributed by atoms with Gasteiger partial charge in [0.2, 0.25) is 0 Å². The van der Waals surface area contributed by atoms with Crippen LogP contribution in [-0.4, -0.2) is 6.61 Å². The summed E-state index contributed by atoms with van der Waals surface area (Å²) in [6, 6.07) is 5.92. The van der Waals surface area contributed by atoms with Crippen molar-refractivity contribution in [1.29, 1.82) is 0 Å². The molecule has 0 saturated heterocycles. The summed E-state index contributed by atoms with van der Waals surface area (Å²) in [5, 5.41) is 3.32. The van der Waals surface area contributed by atoms with E-state index in [9.17, 15) is 8.78 Å². The Balaban J connectivity index is 0.00000196. The Hall–Kier alpha value is -1.81. The fourth-order valence-corrected chi connectivity index (χ4v) is 0.890. The molecule has 0 fully saturated rings. The van der Waals surface area contributed by atoms with E-state index in [1.165, 1.54) is 12.1 Å². The highest BCUT2D eigenvalue weighted by atomic mass is 19.3. The second-order valence-corrected chi connectivity index (χ2v) is 2.41. The number of benzene rings is 1. The minimum absolute atomic E-state index is 0. The lowest BCUT2D eigenvalue weighted by atomic mass is 10.2. The third-order valence-corrected chi connectivity index (χ3v) is 1.47. The first-order chi connectivity index (χ1) is 6.72. The number of nitrogens with zero attached hydrogens (tertiary/aromatic N) is 3. The van der Waals surface area contributed by atoms with E-state index >= 15 is 0 Å². The van der Waals surface area contributed by atoms with Crippen molar-refractivity contribution in [3.05, 3.63) is 40.3 Å². The first kappa shape index (κ1) is 13.2. The molecule has 0 N–H and O–H groups in total. The standard InChI is InChI=1S/C8H7F2N3O.CH4/c9-8(10)14-7-3-1-6(2-4-7)5-12-13-11;/h1-4,8H,5H2;1H4. The van der Waals surface area contributed by atoms with Gasteiger partial charge in [-0.2, -0.15) is 8.78 Å². The van der Waals surface area contributed by atoms with Crippen LogP contribution in [0.1, 0.15) is 13.0 Å². The molecule has 1 rings (SSSR count). The van der Waals surface area contributed by atoms with Crippen LogP contribution in [0.25, 0.3) is 10.4 Å². The molecule has 0 amide bonds. The summed E-state index contributed by atoms with van der Waals surface area (Å²) < 4.78 is 27.6. The van der Waals surface area contributed by atoms with Crippen LogP contribution in [-0.2, 0) is 6.54 Å². The lowest BCUT2D eigenvalue weighted by Gasteiger charge is -2.03. The number of hydrogen-bond acceptors (Lipinski definition) is 2. The number of halogens is 2. The van der Waals surface area contributed by atoms with Crippen LogP contribution in [0.5, 0.6) is 5.75 Å². The summed E-state index contributed by atoms with van der Waals surface area (Å²) in [7, 11) is 0. The van der Waals surface area contributed by atoms with Crippen molar-refractivity contribution in [3.63, 3.8) is 0 Å². The van der Waals surface area contributed by atoms with E-state index in [0.29, 0.717) is 0 Å². The van der Waals surface area contributed by atoms with Gasteiger partial charge >= 0.3 is 6.61 Å². The van der Waals surface area contributed by atoms with Crippen molar-refractivity contribution in [2.24, 2.45) is 5.11 Å². The zero-order valence-electron chi connectivity index (χ0n) is 7.10. The minimum atomic E-state index is -2.82. The van der Waals surface area contributed by atoms with Crippen molar-refractivity contribution in [2.75, 3.05) is 0 Å². The number of hydrogen-bond donors (Lipinski definition) is 0. The molecule has 1 aromatic carbocycles. The van der Waals surface area contributed by atoms with E-state index in [-0.39, 0.29) is 19.7 Å². The van der Waals surface area contributed by atoms with E-state index in [0.717, 1.165) is 5.56 Å². The summed E-state index contributed by atoms with van der Waals surface area (Å²) in [4.78, 5) is 2.58. The second kappa shape index (κ2) is 6.62. The SMILES string of the molecule is C.[N-]=[N+]=NCc1ccc(OC(F)F)cc1. The Morgan fingerprint density at radius 3 is 2.40 bits per heavy atom. The first-order valence-electron chi connectivity index (χ1n) is 3.77. The predicted octanol–water partition coefficient (Wildman–Crippen LogP) is 3.73. The highest BCUT2D eigenvalue weighted by Crippen LogP contribution is 2.15. The molecule has 6 heteroatoms. The molecule has 0 aromatic heterocycles. The molecule has 0 bridgehead atoms. The fourth-order valence-electron chi connectivity index (χ4n) is 0.890. The van der Waals surface area contributed by atoms with Gasteiger partial charge in [-0.05, 0) is 23.2 Å². The van der Waals surface area contributed by atoms with Crippen molar-refractivity contribution < 1.29 is 13.5 Å². The van der Waals surface area contributed by atoms with E-state index in [1.807, 2.05) is 0 Å². The van der Waals surface area contributed by atoms with E-state index in [4.69, 9.17) is 5.53 Å². The molecule has 0 spiro atoms. The average molecular weight is 215 g/mol. The monoisotopic (exact) mass is 215 g/mol. The second-order valence-electron chi connectivity index (χ2n) is 2.41. The molecule has 0 heterocycles. The van der Waals surface area contributed by atoms with Gasteiger partial charge in [-0.1, -0.05) is 24.7 Å². The minimum Gasteiger partial charge on any atom is -0.435 e. The molecule has 1 aromatic rings. The van der Waals surface area contributed by atoms with Crippen LogP contribution in [0.15, 0.2) is 29.4 Å². The van der Waals surface area contributed by atoms with Gasteiger partial charge in [0.05, 0.1) is 6.54 Å². The Bertz CT molecular complexity index is 334. The predicted molar refractivity (Wildman–Crippen MR) is 52.7 cm³/mol. The molecule has 0 atom stereocenters.